The second kappa shape index (κ2) is 6.18. The Morgan fingerprint density at radius 3 is 3.00 bits per heavy atom. The molecule has 0 bridgehead atoms. The van der Waals surface area contributed by atoms with Gasteiger partial charge in [-0.15, -0.1) is 24.0 Å². The Labute approximate surface area is 128 Å². The monoisotopic (exact) mass is 372 g/mol. The van der Waals surface area contributed by atoms with Crippen LogP contribution >= 0.6 is 24.0 Å². The van der Waals surface area contributed by atoms with Crippen LogP contribution < -0.4 is 10.6 Å². The summed E-state index contributed by atoms with van der Waals surface area (Å²) >= 11 is 0. The largest absolute Gasteiger partial charge is 0.354 e. The van der Waals surface area contributed by atoms with Crippen molar-refractivity contribution in [1.29, 1.82) is 0 Å². The van der Waals surface area contributed by atoms with Crippen LogP contribution in [-0.4, -0.2) is 33.6 Å². The van der Waals surface area contributed by atoms with Gasteiger partial charge < -0.3 is 10.6 Å². The average Bonchev–Trinajstić information content (AvgIpc) is 3.08. The third-order valence-electron chi connectivity index (χ3n) is 2.95. The van der Waals surface area contributed by atoms with Crippen molar-refractivity contribution < 1.29 is 0 Å². The van der Waals surface area contributed by atoms with E-state index in [1.54, 1.807) is 19.4 Å². The summed E-state index contributed by atoms with van der Waals surface area (Å²) in [6.07, 6.45) is 6.02. The van der Waals surface area contributed by atoms with Gasteiger partial charge in [-0.25, -0.2) is 9.50 Å². The van der Waals surface area contributed by atoms with Crippen LogP contribution in [-0.2, 0) is 6.54 Å². The minimum atomic E-state index is 0. The molecule has 6 nitrogen and oxygen atoms in total. The highest BCUT2D eigenvalue weighted by Gasteiger charge is 2.22. The molecule has 0 radical (unpaired) electrons. The quantitative estimate of drug-likeness (QED) is 0.483. The lowest BCUT2D eigenvalue weighted by molar-refractivity contribution is 0.754. The zero-order chi connectivity index (χ0) is 12.4. The summed E-state index contributed by atoms with van der Waals surface area (Å²) in [5.41, 5.74) is 1.92. The molecule has 2 N–H and O–H groups in total. The van der Waals surface area contributed by atoms with Crippen molar-refractivity contribution in [2.24, 2.45) is 4.99 Å². The summed E-state index contributed by atoms with van der Waals surface area (Å²) in [4.78, 5) is 8.43. The third kappa shape index (κ3) is 3.34. The lowest BCUT2D eigenvalue weighted by atomic mass is 10.4. The van der Waals surface area contributed by atoms with Gasteiger partial charge in [0.05, 0.1) is 18.4 Å². The third-order valence-corrected chi connectivity index (χ3v) is 2.95. The van der Waals surface area contributed by atoms with E-state index in [1.807, 2.05) is 16.6 Å². The Hall–Kier alpha value is -1.38. The second-order valence-electron chi connectivity index (χ2n) is 4.38. The summed E-state index contributed by atoms with van der Waals surface area (Å²) in [5, 5.41) is 10.9. The lowest BCUT2D eigenvalue weighted by Gasteiger charge is -2.11. The first-order chi connectivity index (χ1) is 8.86. The first-order valence-corrected chi connectivity index (χ1v) is 6.11. The molecule has 0 unspecified atom stereocenters. The molecule has 19 heavy (non-hydrogen) atoms. The molecule has 1 fully saturated rings. The number of aromatic nitrogens is 3. The minimum Gasteiger partial charge on any atom is -0.354 e. The van der Waals surface area contributed by atoms with Crippen LogP contribution in [0, 0.1) is 0 Å². The van der Waals surface area contributed by atoms with Gasteiger partial charge in [-0.1, -0.05) is 0 Å². The highest BCUT2D eigenvalue weighted by molar-refractivity contribution is 14.0. The van der Waals surface area contributed by atoms with E-state index in [0.717, 1.165) is 17.3 Å². The molecule has 7 heteroatoms. The van der Waals surface area contributed by atoms with E-state index in [1.165, 1.54) is 12.8 Å². The Bertz CT molecular complexity index is 574. The number of nitrogens with one attached hydrogen (secondary N) is 2. The summed E-state index contributed by atoms with van der Waals surface area (Å²) in [7, 11) is 1.79. The number of fused-ring (bicyclic) bond motifs is 1. The molecule has 0 atom stereocenters. The first kappa shape index (κ1) is 14.0. The molecule has 1 aliphatic carbocycles. The molecule has 102 valence electrons. The minimum absolute atomic E-state index is 0. The number of halogens is 1. The summed E-state index contributed by atoms with van der Waals surface area (Å²) in [6.45, 7) is 0.674. The molecule has 2 aromatic heterocycles. The van der Waals surface area contributed by atoms with Gasteiger partial charge in [0.15, 0.2) is 11.6 Å². The molecule has 2 aromatic rings. The smallest absolute Gasteiger partial charge is 0.191 e. The van der Waals surface area contributed by atoms with E-state index in [0.29, 0.717) is 12.6 Å². The number of nitrogens with zero attached hydrogens (tertiary/aromatic N) is 4. The van der Waals surface area contributed by atoms with Gasteiger partial charge in [-0.2, -0.15) is 5.10 Å². The van der Waals surface area contributed by atoms with Crippen molar-refractivity contribution in [3.05, 3.63) is 30.2 Å². The van der Waals surface area contributed by atoms with Gasteiger partial charge in [0.1, 0.15) is 0 Å². The average molecular weight is 372 g/mol. The predicted molar refractivity (Wildman–Crippen MR) is 84.8 cm³/mol. The fraction of sp³-hybridized carbons (Fsp3) is 0.417. The van der Waals surface area contributed by atoms with E-state index in [2.05, 4.69) is 25.7 Å². The van der Waals surface area contributed by atoms with Gasteiger partial charge in [0, 0.05) is 25.4 Å². The number of rotatable bonds is 3. The lowest BCUT2D eigenvalue weighted by Crippen LogP contribution is -2.38. The van der Waals surface area contributed by atoms with Crippen molar-refractivity contribution >= 4 is 35.6 Å². The topological polar surface area (TPSA) is 66.6 Å². The van der Waals surface area contributed by atoms with Gasteiger partial charge >= 0.3 is 0 Å². The standard InChI is InChI=1S/C12H16N6.HI/c1-13-12(17-9-2-3-9)15-8-10-4-6-14-11-5-7-16-18(10)11;/h4-7,9H,2-3,8H2,1H3,(H2,13,15,17);1H. The number of guanidine groups is 1. The summed E-state index contributed by atoms with van der Waals surface area (Å²) in [6, 6.07) is 4.44. The van der Waals surface area contributed by atoms with E-state index in [4.69, 9.17) is 0 Å². The molecule has 0 aromatic carbocycles. The maximum Gasteiger partial charge on any atom is 0.191 e. The van der Waals surface area contributed by atoms with Gasteiger partial charge in [0.25, 0.3) is 0 Å². The maximum absolute atomic E-state index is 4.25. The highest BCUT2D eigenvalue weighted by Crippen LogP contribution is 2.18. The van der Waals surface area contributed by atoms with Gasteiger partial charge in [0.2, 0.25) is 0 Å². The molecule has 1 aliphatic rings. The van der Waals surface area contributed by atoms with E-state index in [9.17, 15) is 0 Å². The summed E-state index contributed by atoms with van der Waals surface area (Å²) in [5.74, 6) is 0.842. The van der Waals surface area contributed by atoms with Crippen LogP contribution in [0.2, 0.25) is 0 Å². The second-order valence-corrected chi connectivity index (χ2v) is 4.38. The van der Waals surface area contributed by atoms with Crippen molar-refractivity contribution in [1.82, 2.24) is 25.2 Å². The summed E-state index contributed by atoms with van der Waals surface area (Å²) < 4.78 is 1.83. The molecule has 0 saturated heterocycles. The van der Waals surface area contributed by atoms with Crippen LogP contribution in [0.4, 0.5) is 0 Å². The number of hydrogen-bond donors (Lipinski definition) is 2. The van der Waals surface area contributed by atoms with Gasteiger partial charge in [-0.3, -0.25) is 4.99 Å². The van der Waals surface area contributed by atoms with E-state index < -0.39 is 0 Å². The highest BCUT2D eigenvalue weighted by atomic mass is 127. The normalized spacial score (nSPS) is 15.1. The van der Waals surface area contributed by atoms with Crippen LogP contribution in [0.3, 0.4) is 0 Å². The predicted octanol–water partition coefficient (Wildman–Crippen LogP) is 1.17. The van der Waals surface area contributed by atoms with E-state index in [-0.39, 0.29) is 24.0 Å². The molecule has 0 aliphatic heterocycles. The van der Waals surface area contributed by atoms with Crippen molar-refractivity contribution in [2.75, 3.05) is 7.05 Å². The van der Waals surface area contributed by atoms with Gasteiger partial charge in [-0.05, 0) is 18.9 Å². The Kier molecular flexibility index (Phi) is 4.56. The molecule has 1 saturated carbocycles. The first-order valence-electron chi connectivity index (χ1n) is 6.11. The molecular formula is C12H17IN6. The number of hydrogen-bond acceptors (Lipinski definition) is 3. The zero-order valence-electron chi connectivity index (χ0n) is 10.7. The Morgan fingerprint density at radius 2 is 2.26 bits per heavy atom. The molecule has 0 amide bonds. The van der Waals surface area contributed by atoms with Crippen LogP contribution in [0.1, 0.15) is 18.5 Å². The zero-order valence-corrected chi connectivity index (χ0v) is 13.0. The number of aliphatic imine (C=N–C) groups is 1. The molecular weight excluding hydrogens is 355 g/mol. The maximum atomic E-state index is 4.25. The van der Waals surface area contributed by atoms with Crippen LogP contribution in [0.5, 0.6) is 0 Å². The van der Waals surface area contributed by atoms with Crippen molar-refractivity contribution in [3.8, 4) is 0 Å². The molecule has 2 heterocycles. The fourth-order valence-electron chi connectivity index (χ4n) is 1.81. The van der Waals surface area contributed by atoms with Crippen LogP contribution in [0.15, 0.2) is 29.5 Å². The molecule has 0 spiro atoms. The SMILES string of the molecule is CN=C(NCc1ccnc2ccnn12)NC1CC1.I. The van der Waals surface area contributed by atoms with Crippen LogP contribution in [0.25, 0.3) is 5.65 Å². The fourth-order valence-corrected chi connectivity index (χ4v) is 1.81. The Balaban J connectivity index is 0.00000133. The van der Waals surface area contributed by atoms with Crippen molar-refractivity contribution in [2.45, 2.75) is 25.4 Å². The van der Waals surface area contributed by atoms with E-state index >= 15 is 0 Å². The van der Waals surface area contributed by atoms with Crippen molar-refractivity contribution in [3.63, 3.8) is 0 Å². The molecule has 3 rings (SSSR count). The Morgan fingerprint density at radius 1 is 1.42 bits per heavy atom.